The molecule has 0 aliphatic carbocycles. The van der Waals surface area contributed by atoms with Crippen molar-refractivity contribution in [2.24, 2.45) is 0 Å². The molecule has 2 aromatic carbocycles. The van der Waals surface area contributed by atoms with E-state index in [1.165, 1.54) is 0 Å². The van der Waals surface area contributed by atoms with Crippen LogP contribution in [0.3, 0.4) is 0 Å². The van der Waals surface area contributed by atoms with Crippen molar-refractivity contribution in [2.45, 2.75) is 13.8 Å². The third-order valence-corrected chi connectivity index (χ3v) is 4.33. The van der Waals surface area contributed by atoms with E-state index in [9.17, 15) is 4.79 Å². The van der Waals surface area contributed by atoms with Gasteiger partial charge in [0.05, 0.1) is 16.4 Å². The maximum Gasteiger partial charge on any atom is 0.255 e. The number of aryl methyl sites for hydroxylation is 2. The van der Waals surface area contributed by atoms with E-state index in [-0.39, 0.29) is 5.91 Å². The second-order valence-electron chi connectivity index (χ2n) is 4.61. The molecule has 2 aromatic rings. The highest BCUT2D eigenvalue weighted by Crippen LogP contribution is 2.26. The fraction of sp³-hybridized carbons (Fsp3) is 0.133. The fourth-order valence-corrected chi connectivity index (χ4v) is 2.21. The van der Waals surface area contributed by atoms with Gasteiger partial charge in [-0.15, -0.1) is 0 Å². The van der Waals surface area contributed by atoms with Gasteiger partial charge in [-0.2, -0.15) is 0 Å². The molecule has 0 fully saturated rings. The first-order chi connectivity index (χ1) is 9.38. The highest BCUT2D eigenvalue weighted by atomic mass is 79.9. The SMILES string of the molecule is Cc1cc(N)c(NC(=O)c2ccc(Br)c(Cl)c2)cc1C. The van der Waals surface area contributed by atoms with E-state index in [2.05, 4.69) is 21.2 Å². The molecule has 0 heterocycles. The van der Waals surface area contributed by atoms with E-state index in [0.29, 0.717) is 22.0 Å². The molecule has 5 heteroatoms. The maximum atomic E-state index is 12.2. The lowest BCUT2D eigenvalue weighted by molar-refractivity contribution is 0.102. The van der Waals surface area contributed by atoms with Gasteiger partial charge in [-0.05, 0) is 71.2 Å². The first-order valence-electron chi connectivity index (χ1n) is 6.01. The highest BCUT2D eigenvalue weighted by molar-refractivity contribution is 9.10. The number of hydrogen-bond donors (Lipinski definition) is 2. The summed E-state index contributed by atoms with van der Waals surface area (Å²) < 4.78 is 0.751. The van der Waals surface area contributed by atoms with E-state index in [4.69, 9.17) is 17.3 Å². The Labute approximate surface area is 131 Å². The van der Waals surface area contributed by atoms with Crippen LogP contribution in [0, 0.1) is 13.8 Å². The minimum Gasteiger partial charge on any atom is -0.397 e. The first-order valence-corrected chi connectivity index (χ1v) is 7.18. The summed E-state index contributed by atoms with van der Waals surface area (Å²) in [5.74, 6) is -0.241. The molecule has 0 aliphatic heterocycles. The predicted molar refractivity (Wildman–Crippen MR) is 87.4 cm³/mol. The quantitative estimate of drug-likeness (QED) is 0.778. The number of nitrogens with two attached hydrogens (primary N) is 1. The number of nitrogens with one attached hydrogen (secondary N) is 1. The molecular formula is C15H14BrClN2O. The van der Waals surface area contributed by atoms with Crippen LogP contribution in [0.4, 0.5) is 11.4 Å². The Bertz CT molecular complexity index is 686. The fourth-order valence-electron chi connectivity index (χ4n) is 1.78. The van der Waals surface area contributed by atoms with Crippen molar-refractivity contribution in [1.29, 1.82) is 0 Å². The molecule has 0 bridgehead atoms. The van der Waals surface area contributed by atoms with Crippen molar-refractivity contribution in [3.8, 4) is 0 Å². The Morgan fingerprint density at radius 3 is 2.50 bits per heavy atom. The van der Waals surface area contributed by atoms with Gasteiger partial charge in [0.25, 0.3) is 5.91 Å². The second-order valence-corrected chi connectivity index (χ2v) is 5.87. The lowest BCUT2D eigenvalue weighted by Gasteiger charge is -2.11. The van der Waals surface area contributed by atoms with Crippen LogP contribution in [-0.2, 0) is 0 Å². The smallest absolute Gasteiger partial charge is 0.255 e. The van der Waals surface area contributed by atoms with Crippen LogP contribution < -0.4 is 11.1 Å². The summed E-state index contributed by atoms with van der Waals surface area (Å²) in [4.78, 5) is 12.2. The Morgan fingerprint density at radius 2 is 1.85 bits per heavy atom. The van der Waals surface area contributed by atoms with Gasteiger partial charge in [0.15, 0.2) is 0 Å². The maximum absolute atomic E-state index is 12.2. The molecule has 0 radical (unpaired) electrons. The minimum absolute atomic E-state index is 0.241. The molecule has 0 aromatic heterocycles. The zero-order chi connectivity index (χ0) is 14.9. The monoisotopic (exact) mass is 352 g/mol. The molecule has 0 saturated carbocycles. The first kappa shape index (κ1) is 14.9. The molecule has 0 saturated heterocycles. The van der Waals surface area contributed by atoms with Gasteiger partial charge >= 0.3 is 0 Å². The molecule has 1 amide bonds. The van der Waals surface area contributed by atoms with Crippen LogP contribution in [0.25, 0.3) is 0 Å². The highest BCUT2D eigenvalue weighted by Gasteiger charge is 2.10. The molecule has 3 nitrogen and oxygen atoms in total. The van der Waals surface area contributed by atoms with Crippen molar-refractivity contribution in [3.63, 3.8) is 0 Å². The number of rotatable bonds is 2. The topological polar surface area (TPSA) is 55.1 Å². The summed E-state index contributed by atoms with van der Waals surface area (Å²) in [6, 6.07) is 8.75. The van der Waals surface area contributed by atoms with Gasteiger partial charge in [-0.25, -0.2) is 0 Å². The summed E-state index contributed by atoms with van der Waals surface area (Å²) in [6.07, 6.45) is 0. The largest absolute Gasteiger partial charge is 0.397 e. The van der Waals surface area contributed by atoms with E-state index in [0.717, 1.165) is 15.6 Å². The zero-order valence-corrected chi connectivity index (χ0v) is 13.5. The molecule has 104 valence electrons. The molecule has 0 spiro atoms. The number of halogens is 2. The van der Waals surface area contributed by atoms with Gasteiger partial charge in [0.1, 0.15) is 0 Å². The van der Waals surface area contributed by atoms with Crippen LogP contribution in [0.15, 0.2) is 34.8 Å². The molecule has 0 atom stereocenters. The van der Waals surface area contributed by atoms with Crippen molar-refractivity contribution >= 4 is 44.8 Å². The van der Waals surface area contributed by atoms with Gasteiger partial charge in [-0.3, -0.25) is 4.79 Å². The average Bonchev–Trinajstić information content (AvgIpc) is 2.39. The zero-order valence-electron chi connectivity index (χ0n) is 11.1. The lowest BCUT2D eigenvalue weighted by atomic mass is 10.1. The molecular weight excluding hydrogens is 340 g/mol. The lowest BCUT2D eigenvalue weighted by Crippen LogP contribution is -2.13. The van der Waals surface area contributed by atoms with Crippen molar-refractivity contribution in [1.82, 2.24) is 0 Å². The van der Waals surface area contributed by atoms with E-state index in [1.807, 2.05) is 26.0 Å². The van der Waals surface area contributed by atoms with Crippen LogP contribution >= 0.6 is 27.5 Å². The van der Waals surface area contributed by atoms with E-state index in [1.54, 1.807) is 18.2 Å². The summed E-state index contributed by atoms with van der Waals surface area (Å²) >= 11 is 9.28. The van der Waals surface area contributed by atoms with Gasteiger partial charge in [0, 0.05) is 10.0 Å². The Morgan fingerprint density at radius 1 is 1.20 bits per heavy atom. The van der Waals surface area contributed by atoms with Crippen molar-refractivity contribution in [2.75, 3.05) is 11.1 Å². The van der Waals surface area contributed by atoms with Crippen LogP contribution in [-0.4, -0.2) is 5.91 Å². The Hall–Kier alpha value is -1.52. The number of anilines is 2. The van der Waals surface area contributed by atoms with Gasteiger partial charge < -0.3 is 11.1 Å². The summed E-state index contributed by atoms with van der Waals surface area (Å²) in [7, 11) is 0. The number of hydrogen-bond acceptors (Lipinski definition) is 2. The second kappa shape index (κ2) is 5.85. The summed E-state index contributed by atoms with van der Waals surface area (Å²) in [6.45, 7) is 3.95. The molecule has 0 unspecified atom stereocenters. The number of nitrogen functional groups attached to an aromatic ring is 1. The van der Waals surface area contributed by atoms with Gasteiger partial charge in [-0.1, -0.05) is 11.6 Å². The number of amides is 1. The third kappa shape index (κ3) is 3.14. The molecule has 0 aliphatic rings. The van der Waals surface area contributed by atoms with E-state index >= 15 is 0 Å². The standard InChI is InChI=1S/C15H14BrClN2O/c1-8-5-13(18)14(6-9(8)2)19-15(20)10-3-4-11(16)12(17)7-10/h3-7H,18H2,1-2H3,(H,19,20). The van der Waals surface area contributed by atoms with E-state index < -0.39 is 0 Å². The number of benzene rings is 2. The number of carbonyl (C=O) groups is 1. The molecule has 3 N–H and O–H groups in total. The molecule has 2 rings (SSSR count). The van der Waals surface area contributed by atoms with Crippen LogP contribution in [0.5, 0.6) is 0 Å². The number of carbonyl (C=O) groups excluding carboxylic acids is 1. The molecule has 20 heavy (non-hydrogen) atoms. The Balaban J connectivity index is 2.27. The van der Waals surface area contributed by atoms with Crippen molar-refractivity contribution < 1.29 is 4.79 Å². The summed E-state index contributed by atoms with van der Waals surface area (Å²) in [5, 5.41) is 3.29. The normalized spacial score (nSPS) is 10.4. The minimum atomic E-state index is -0.241. The van der Waals surface area contributed by atoms with Gasteiger partial charge in [0.2, 0.25) is 0 Å². The summed E-state index contributed by atoms with van der Waals surface area (Å²) in [5.41, 5.74) is 9.72. The van der Waals surface area contributed by atoms with Crippen molar-refractivity contribution in [3.05, 3.63) is 56.5 Å². The third-order valence-electron chi connectivity index (χ3n) is 3.10. The average molecular weight is 354 g/mol. The predicted octanol–water partition coefficient (Wildman–Crippen LogP) is 4.55. The van der Waals surface area contributed by atoms with Crippen LogP contribution in [0.1, 0.15) is 21.5 Å². The van der Waals surface area contributed by atoms with Crippen LogP contribution in [0.2, 0.25) is 5.02 Å². The Kier molecular flexibility index (Phi) is 4.35.